The van der Waals surface area contributed by atoms with Gasteiger partial charge >= 0.3 is 0 Å². The molecule has 4 heteroatoms. The number of hydrogen-bond acceptors (Lipinski definition) is 3. The SMILES string of the molecule is CCNCCC(=O)NCCCN1CCCC1. The highest BCUT2D eigenvalue weighted by Crippen LogP contribution is 2.06. The summed E-state index contributed by atoms with van der Waals surface area (Å²) in [4.78, 5) is 13.8. The second kappa shape index (κ2) is 8.53. The molecule has 0 aliphatic carbocycles. The molecule has 16 heavy (non-hydrogen) atoms. The first-order valence-electron chi connectivity index (χ1n) is 6.52. The summed E-state index contributed by atoms with van der Waals surface area (Å²) in [7, 11) is 0. The van der Waals surface area contributed by atoms with E-state index >= 15 is 0 Å². The average molecular weight is 227 g/mol. The van der Waals surface area contributed by atoms with Crippen molar-refractivity contribution in [1.82, 2.24) is 15.5 Å². The van der Waals surface area contributed by atoms with E-state index in [-0.39, 0.29) is 5.91 Å². The molecule has 1 aliphatic heterocycles. The summed E-state index contributed by atoms with van der Waals surface area (Å²) in [5.74, 6) is 0.169. The van der Waals surface area contributed by atoms with Crippen molar-refractivity contribution in [2.75, 3.05) is 39.3 Å². The monoisotopic (exact) mass is 227 g/mol. The van der Waals surface area contributed by atoms with Crippen molar-refractivity contribution in [2.24, 2.45) is 0 Å². The summed E-state index contributed by atoms with van der Waals surface area (Å²) in [5, 5.41) is 6.11. The van der Waals surface area contributed by atoms with Gasteiger partial charge in [0.1, 0.15) is 0 Å². The third-order valence-electron chi connectivity index (χ3n) is 2.95. The molecule has 0 aromatic rings. The van der Waals surface area contributed by atoms with Crippen molar-refractivity contribution in [3.05, 3.63) is 0 Å². The minimum Gasteiger partial charge on any atom is -0.356 e. The molecule has 0 radical (unpaired) electrons. The number of amides is 1. The number of likely N-dealkylation sites (tertiary alicyclic amines) is 1. The van der Waals surface area contributed by atoms with Crippen molar-refractivity contribution in [3.8, 4) is 0 Å². The zero-order chi connectivity index (χ0) is 11.6. The predicted octanol–water partition coefficient (Wildman–Crippen LogP) is 0.588. The number of rotatable bonds is 8. The van der Waals surface area contributed by atoms with E-state index in [9.17, 15) is 4.79 Å². The molecule has 1 amide bonds. The van der Waals surface area contributed by atoms with Gasteiger partial charge < -0.3 is 15.5 Å². The van der Waals surface area contributed by atoms with Crippen LogP contribution in [0.3, 0.4) is 0 Å². The second-order valence-electron chi connectivity index (χ2n) is 4.36. The second-order valence-corrected chi connectivity index (χ2v) is 4.36. The predicted molar refractivity (Wildman–Crippen MR) is 66.5 cm³/mol. The zero-order valence-corrected chi connectivity index (χ0v) is 10.4. The maximum absolute atomic E-state index is 11.3. The van der Waals surface area contributed by atoms with Gasteiger partial charge in [-0.15, -0.1) is 0 Å². The van der Waals surface area contributed by atoms with E-state index < -0.39 is 0 Å². The molecule has 94 valence electrons. The van der Waals surface area contributed by atoms with Gasteiger partial charge in [-0.1, -0.05) is 6.92 Å². The molecule has 1 heterocycles. The molecular weight excluding hydrogens is 202 g/mol. The largest absolute Gasteiger partial charge is 0.356 e. The minimum absolute atomic E-state index is 0.169. The van der Waals surface area contributed by atoms with Crippen LogP contribution < -0.4 is 10.6 Å². The molecule has 2 N–H and O–H groups in total. The molecule has 1 fully saturated rings. The molecule has 0 aromatic heterocycles. The number of nitrogens with one attached hydrogen (secondary N) is 2. The first-order valence-corrected chi connectivity index (χ1v) is 6.52. The first kappa shape index (κ1) is 13.5. The number of hydrogen-bond donors (Lipinski definition) is 2. The van der Waals surface area contributed by atoms with Gasteiger partial charge in [-0.05, 0) is 45.4 Å². The lowest BCUT2D eigenvalue weighted by atomic mass is 10.3. The van der Waals surface area contributed by atoms with Crippen molar-refractivity contribution in [2.45, 2.75) is 32.6 Å². The van der Waals surface area contributed by atoms with Crippen LogP contribution in [-0.4, -0.2) is 50.1 Å². The highest BCUT2D eigenvalue weighted by atomic mass is 16.1. The molecule has 0 aromatic carbocycles. The molecule has 1 aliphatic rings. The minimum atomic E-state index is 0.169. The van der Waals surface area contributed by atoms with Crippen LogP contribution in [0.2, 0.25) is 0 Å². The topological polar surface area (TPSA) is 44.4 Å². The molecule has 0 saturated carbocycles. The molecular formula is C12H25N3O. The quantitative estimate of drug-likeness (QED) is 0.597. The van der Waals surface area contributed by atoms with Crippen molar-refractivity contribution in [1.29, 1.82) is 0 Å². The summed E-state index contributed by atoms with van der Waals surface area (Å²) in [5.41, 5.74) is 0. The fraction of sp³-hybridized carbons (Fsp3) is 0.917. The van der Waals surface area contributed by atoms with E-state index in [1.165, 1.54) is 25.9 Å². The van der Waals surface area contributed by atoms with Crippen LogP contribution in [0.15, 0.2) is 0 Å². The van der Waals surface area contributed by atoms with Gasteiger partial charge in [-0.2, -0.15) is 0 Å². The van der Waals surface area contributed by atoms with Crippen molar-refractivity contribution in [3.63, 3.8) is 0 Å². The summed E-state index contributed by atoms with van der Waals surface area (Å²) in [6, 6.07) is 0. The Kier molecular flexibility index (Phi) is 7.17. The maximum Gasteiger partial charge on any atom is 0.221 e. The van der Waals surface area contributed by atoms with Gasteiger partial charge in [0.25, 0.3) is 0 Å². The van der Waals surface area contributed by atoms with E-state index in [0.717, 1.165) is 32.6 Å². The first-order chi connectivity index (χ1) is 7.83. The number of carbonyl (C=O) groups is 1. The van der Waals surface area contributed by atoms with Crippen molar-refractivity contribution >= 4 is 5.91 Å². The van der Waals surface area contributed by atoms with Crippen LogP contribution in [0, 0.1) is 0 Å². The Hall–Kier alpha value is -0.610. The van der Waals surface area contributed by atoms with E-state index in [2.05, 4.69) is 15.5 Å². The van der Waals surface area contributed by atoms with E-state index in [0.29, 0.717) is 6.42 Å². The molecule has 1 rings (SSSR count). The van der Waals surface area contributed by atoms with E-state index in [1.54, 1.807) is 0 Å². The maximum atomic E-state index is 11.3. The molecule has 1 saturated heterocycles. The normalized spacial score (nSPS) is 16.6. The van der Waals surface area contributed by atoms with Crippen LogP contribution in [0.5, 0.6) is 0 Å². The van der Waals surface area contributed by atoms with Crippen LogP contribution in [0.25, 0.3) is 0 Å². The van der Waals surface area contributed by atoms with E-state index in [1.807, 2.05) is 6.92 Å². The summed E-state index contributed by atoms with van der Waals surface area (Å²) < 4.78 is 0. The Balaban J connectivity index is 1.87. The van der Waals surface area contributed by atoms with Gasteiger partial charge in [-0.25, -0.2) is 0 Å². The lowest BCUT2D eigenvalue weighted by Gasteiger charge is -2.14. The Bertz CT molecular complexity index is 191. The zero-order valence-electron chi connectivity index (χ0n) is 10.4. The Morgan fingerprint density at radius 3 is 2.69 bits per heavy atom. The fourth-order valence-corrected chi connectivity index (χ4v) is 2.00. The highest BCUT2D eigenvalue weighted by molar-refractivity contribution is 5.75. The Morgan fingerprint density at radius 2 is 2.00 bits per heavy atom. The number of nitrogens with zero attached hydrogens (tertiary/aromatic N) is 1. The lowest BCUT2D eigenvalue weighted by Crippen LogP contribution is -2.30. The van der Waals surface area contributed by atoms with Gasteiger partial charge in [0.05, 0.1) is 0 Å². The Morgan fingerprint density at radius 1 is 1.25 bits per heavy atom. The third kappa shape index (κ3) is 6.08. The third-order valence-corrected chi connectivity index (χ3v) is 2.95. The van der Waals surface area contributed by atoms with Gasteiger partial charge in [-0.3, -0.25) is 4.79 Å². The lowest BCUT2D eigenvalue weighted by molar-refractivity contribution is -0.121. The average Bonchev–Trinajstić information content (AvgIpc) is 2.78. The standard InChI is InChI=1S/C12H25N3O/c1-2-13-8-6-12(16)14-7-5-11-15-9-3-4-10-15/h13H,2-11H2,1H3,(H,14,16). The smallest absolute Gasteiger partial charge is 0.221 e. The molecule has 0 spiro atoms. The van der Waals surface area contributed by atoms with Crippen LogP contribution in [0.4, 0.5) is 0 Å². The Labute approximate surface area is 98.8 Å². The van der Waals surface area contributed by atoms with E-state index in [4.69, 9.17) is 0 Å². The molecule has 0 unspecified atom stereocenters. The highest BCUT2D eigenvalue weighted by Gasteiger charge is 2.10. The van der Waals surface area contributed by atoms with Crippen LogP contribution in [0.1, 0.15) is 32.6 Å². The van der Waals surface area contributed by atoms with Crippen LogP contribution >= 0.6 is 0 Å². The van der Waals surface area contributed by atoms with Crippen molar-refractivity contribution < 1.29 is 4.79 Å². The van der Waals surface area contributed by atoms with Gasteiger partial charge in [0.2, 0.25) is 5.91 Å². The van der Waals surface area contributed by atoms with Crippen LogP contribution in [-0.2, 0) is 4.79 Å². The fourth-order valence-electron chi connectivity index (χ4n) is 2.00. The van der Waals surface area contributed by atoms with Gasteiger partial charge in [0.15, 0.2) is 0 Å². The molecule has 0 bridgehead atoms. The van der Waals surface area contributed by atoms with Gasteiger partial charge in [0, 0.05) is 19.5 Å². The molecule has 0 atom stereocenters. The summed E-state index contributed by atoms with van der Waals surface area (Å²) in [6.45, 7) is 8.21. The number of carbonyl (C=O) groups excluding carboxylic acids is 1. The summed E-state index contributed by atoms with van der Waals surface area (Å²) >= 11 is 0. The molecule has 4 nitrogen and oxygen atoms in total. The summed E-state index contributed by atoms with van der Waals surface area (Å²) in [6.07, 6.45) is 4.36.